The van der Waals surface area contributed by atoms with Gasteiger partial charge >= 0.3 is 0 Å². The zero-order valence-electron chi connectivity index (χ0n) is 13.8. The van der Waals surface area contributed by atoms with Crippen molar-refractivity contribution in [2.24, 2.45) is 0 Å². The fraction of sp³-hybridized carbons (Fsp3) is 0.235. The number of benzene rings is 1. The van der Waals surface area contributed by atoms with E-state index in [9.17, 15) is 4.79 Å². The number of nitrogens with one attached hydrogen (secondary N) is 1. The van der Waals surface area contributed by atoms with Gasteiger partial charge in [-0.25, -0.2) is 0 Å². The van der Waals surface area contributed by atoms with Crippen LogP contribution < -0.4 is 5.32 Å². The van der Waals surface area contributed by atoms with Gasteiger partial charge in [0, 0.05) is 17.4 Å². The number of hydrogen-bond donors (Lipinski definition) is 1. The molecule has 0 saturated heterocycles. The van der Waals surface area contributed by atoms with Crippen LogP contribution in [0.2, 0.25) is 10.0 Å². The van der Waals surface area contributed by atoms with Gasteiger partial charge in [0.1, 0.15) is 11.1 Å². The molecule has 0 bridgehead atoms. The highest BCUT2D eigenvalue weighted by Gasteiger charge is 2.18. The molecule has 3 aromatic rings. The molecule has 0 aliphatic heterocycles. The van der Waals surface area contributed by atoms with Gasteiger partial charge in [0.25, 0.3) is 0 Å². The predicted molar refractivity (Wildman–Crippen MR) is 98.1 cm³/mol. The average Bonchev–Trinajstić information content (AvgIpc) is 3.15. The number of nitrogens with zero attached hydrogens (tertiary/aromatic N) is 4. The first kappa shape index (κ1) is 17.5. The maximum absolute atomic E-state index is 12.4. The van der Waals surface area contributed by atoms with Gasteiger partial charge in [-0.15, -0.1) is 0 Å². The van der Waals surface area contributed by atoms with Gasteiger partial charge in [0.2, 0.25) is 5.91 Å². The number of rotatable bonds is 5. The van der Waals surface area contributed by atoms with Crippen LogP contribution in [0.25, 0.3) is 0 Å². The van der Waals surface area contributed by atoms with Crippen molar-refractivity contribution in [1.82, 2.24) is 19.6 Å². The molecule has 0 spiro atoms. The second-order valence-electron chi connectivity index (χ2n) is 5.81. The Bertz CT molecular complexity index is 885. The second kappa shape index (κ2) is 7.29. The molecule has 0 radical (unpaired) electrons. The molecule has 1 unspecified atom stereocenters. The van der Waals surface area contributed by atoms with Gasteiger partial charge in [0.15, 0.2) is 5.82 Å². The van der Waals surface area contributed by atoms with Crippen LogP contribution in [0.4, 0.5) is 5.82 Å². The summed E-state index contributed by atoms with van der Waals surface area (Å²) in [7, 11) is 0. The molecule has 0 fully saturated rings. The Hall–Kier alpha value is -2.31. The van der Waals surface area contributed by atoms with Gasteiger partial charge < -0.3 is 5.32 Å². The molecule has 2 heterocycles. The number of halogens is 2. The fourth-order valence-corrected chi connectivity index (χ4v) is 2.65. The lowest BCUT2D eigenvalue weighted by atomic mass is 10.2. The van der Waals surface area contributed by atoms with Crippen molar-refractivity contribution in [2.45, 2.75) is 26.4 Å². The smallest absolute Gasteiger partial charge is 0.250 e. The van der Waals surface area contributed by atoms with E-state index in [4.69, 9.17) is 23.2 Å². The summed E-state index contributed by atoms with van der Waals surface area (Å²) in [6.45, 7) is 4.21. The predicted octanol–water partition coefficient (Wildman–Crippen LogP) is 3.94. The lowest BCUT2D eigenvalue weighted by molar-refractivity contribution is -0.119. The molecule has 1 N–H and O–H groups in total. The van der Waals surface area contributed by atoms with E-state index in [0.29, 0.717) is 22.4 Å². The summed E-state index contributed by atoms with van der Waals surface area (Å²) in [5.41, 5.74) is 2.02. The van der Waals surface area contributed by atoms with Crippen LogP contribution in [-0.4, -0.2) is 25.5 Å². The number of aryl methyl sites for hydroxylation is 1. The van der Waals surface area contributed by atoms with E-state index in [-0.39, 0.29) is 5.91 Å². The summed E-state index contributed by atoms with van der Waals surface area (Å²) < 4.78 is 3.27. The summed E-state index contributed by atoms with van der Waals surface area (Å²) in [4.78, 5) is 12.4. The van der Waals surface area contributed by atoms with E-state index >= 15 is 0 Å². The van der Waals surface area contributed by atoms with Gasteiger partial charge in [-0.3, -0.25) is 14.2 Å². The first-order valence-corrected chi connectivity index (χ1v) is 8.47. The molecular weight excluding hydrogens is 361 g/mol. The zero-order valence-corrected chi connectivity index (χ0v) is 15.3. The van der Waals surface area contributed by atoms with E-state index in [2.05, 4.69) is 15.5 Å². The first-order chi connectivity index (χ1) is 11.9. The summed E-state index contributed by atoms with van der Waals surface area (Å²) in [6, 6.07) is 7.00. The summed E-state index contributed by atoms with van der Waals surface area (Å²) in [6.07, 6.45) is 5.19. The Morgan fingerprint density at radius 2 is 1.96 bits per heavy atom. The molecular formula is C17H17Cl2N5O. The topological polar surface area (TPSA) is 64.7 Å². The highest BCUT2D eigenvalue weighted by molar-refractivity contribution is 6.33. The van der Waals surface area contributed by atoms with E-state index in [0.717, 1.165) is 11.1 Å². The second-order valence-corrected chi connectivity index (χ2v) is 6.66. The Balaban J connectivity index is 1.69. The molecule has 6 nitrogen and oxygen atoms in total. The van der Waals surface area contributed by atoms with Gasteiger partial charge in [-0.05, 0) is 37.1 Å². The molecule has 130 valence electrons. The average molecular weight is 378 g/mol. The van der Waals surface area contributed by atoms with Gasteiger partial charge in [-0.2, -0.15) is 10.2 Å². The Morgan fingerprint density at radius 1 is 1.24 bits per heavy atom. The monoisotopic (exact) mass is 377 g/mol. The van der Waals surface area contributed by atoms with Gasteiger partial charge in [0.05, 0.1) is 12.7 Å². The first-order valence-electron chi connectivity index (χ1n) is 7.71. The Labute approximate surface area is 155 Å². The maximum atomic E-state index is 12.4. The SMILES string of the molecule is Cc1cnn(C(C)C(=O)Nc2nn(Cc3ccc(Cl)cc3)cc2Cl)c1. The van der Waals surface area contributed by atoms with Crippen molar-refractivity contribution in [2.75, 3.05) is 5.32 Å². The van der Waals surface area contributed by atoms with Crippen molar-refractivity contribution < 1.29 is 4.79 Å². The minimum atomic E-state index is -0.466. The standard InChI is InChI=1S/C17H17Cl2N5O/c1-11-7-20-24(8-11)12(2)17(25)21-16-15(19)10-23(22-16)9-13-3-5-14(18)6-4-13/h3-8,10,12H,9H2,1-2H3,(H,21,22,25). The van der Waals surface area contributed by atoms with E-state index in [1.807, 2.05) is 37.4 Å². The lowest BCUT2D eigenvalue weighted by Crippen LogP contribution is -2.24. The van der Waals surface area contributed by atoms with E-state index in [1.165, 1.54) is 0 Å². The normalized spacial score (nSPS) is 12.2. The number of aromatic nitrogens is 4. The summed E-state index contributed by atoms with van der Waals surface area (Å²) >= 11 is 12.1. The van der Waals surface area contributed by atoms with Crippen molar-refractivity contribution in [1.29, 1.82) is 0 Å². The minimum absolute atomic E-state index is 0.234. The molecule has 8 heteroatoms. The molecule has 1 aromatic carbocycles. The van der Waals surface area contributed by atoms with Crippen molar-refractivity contribution in [3.05, 3.63) is 64.0 Å². The van der Waals surface area contributed by atoms with Crippen LogP contribution in [-0.2, 0) is 11.3 Å². The van der Waals surface area contributed by atoms with Crippen LogP contribution in [0.3, 0.4) is 0 Å². The molecule has 0 aliphatic rings. The van der Waals surface area contributed by atoms with Crippen molar-refractivity contribution in [3.63, 3.8) is 0 Å². The van der Waals surface area contributed by atoms with Crippen LogP contribution in [0.15, 0.2) is 42.9 Å². The highest BCUT2D eigenvalue weighted by atomic mass is 35.5. The van der Waals surface area contributed by atoms with Gasteiger partial charge in [-0.1, -0.05) is 35.3 Å². The number of carbonyl (C=O) groups excluding carboxylic acids is 1. The molecule has 25 heavy (non-hydrogen) atoms. The molecule has 1 amide bonds. The van der Waals surface area contributed by atoms with Crippen molar-refractivity contribution in [3.8, 4) is 0 Å². The molecule has 0 aliphatic carbocycles. The van der Waals surface area contributed by atoms with Crippen LogP contribution >= 0.6 is 23.2 Å². The third-order valence-corrected chi connectivity index (χ3v) is 4.25. The maximum Gasteiger partial charge on any atom is 0.250 e. The lowest BCUT2D eigenvalue weighted by Gasteiger charge is -2.11. The Morgan fingerprint density at radius 3 is 2.60 bits per heavy atom. The number of carbonyl (C=O) groups is 1. The highest BCUT2D eigenvalue weighted by Crippen LogP contribution is 2.21. The molecule has 3 rings (SSSR count). The largest absolute Gasteiger partial charge is 0.306 e. The quantitative estimate of drug-likeness (QED) is 0.731. The Kier molecular flexibility index (Phi) is 5.11. The number of amides is 1. The number of anilines is 1. The third kappa shape index (κ3) is 4.21. The van der Waals surface area contributed by atoms with Crippen molar-refractivity contribution >= 4 is 34.9 Å². The minimum Gasteiger partial charge on any atom is -0.306 e. The van der Waals surface area contributed by atoms with Crippen LogP contribution in [0, 0.1) is 6.92 Å². The van der Waals surface area contributed by atoms with Crippen LogP contribution in [0.1, 0.15) is 24.1 Å². The zero-order chi connectivity index (χ0) is 18.0. The summed E-state index contributed by atoms with van der Waals surface area (Å²) in [5, 5.41) is 12.3. The third-order valence-electron chi connectivity index (χ3n) is 3.72. The molecule has 2 aromatic heterocycles. The summed E-state index contributed by atoms with van der Waals surface area (Å²) in [5.74, 6) is 0.0955. The fourth-order valence-electron chi connectivity index (χ4n) is 2.33. The number of hydrogen-bond acceptors (Lipinski definition) is 3. The van der Waals surface area contributed by atoms with E-state index < -0.39 is 6.04 Å². The van der Waals surface area contributed by atoms with Crippen LogP contribution in [0.5, 0.6) is 0 Å². The molecule has 0 saturated carbocycles. The molecule has 1 atom stereocenters. The van der Waals surface area contributed by atoms with E-state index in [1.54, 1.807) is 28.7 Å².